The summed E-state index contributed by atoms with van der Waals surface area (Å²) < 4.78 is 0. The highest BCUT2D eigenvalue weighted by atomic mass is 14.6. The minimum Gasteiger partial charge on any atom is -0.262 e. The van der Waals surface area contributed by atoms with E-state index in [9.17, 15) is 0 Å². The Morgan fingerprint density at radius 2 is 1.50 bits per heavy atom. The minimum absolute atomic E-state index is 1.12. The minimum atomic E-state index is 1.12. The van der Waals surface area contributed by atoms with E-state index in [1.807, 2.05) is 54.7 Å². The molecule has 0 spiro atoms. The van der Waals surface area contributed by atoms with Gasteiger partial charge >= 0.3 is 0 Å². The van der Waals surface area contributed by atoms with Gasteiger partial charge in [-0.3, -0.25) is 4.98 Å². The van der Waals surface area contributed by atoms with E-state index in [0.29, 0.717) is 0 Å². The summed E-state index contributed by atoms with van der Waals surface area (Å²) in [5.41, 5.74) is 2.51. The maximum absolute atomic E-state index is 4.12. The van der Waals surface area contributed by atoms with Crippen molar-refractivity contribution in [3.05, 3.63) is 29.6 Å². The zero-order chi connectivity index (χ0) is 13.4. The summed E-state index contributed by atoms with van der Waals surface area (Å²) in [6.45, 7) is 16.2. The van der Waals surface area contributed by atoms with E-state index in [0.717, 1.165) is 5.69 Å². The summed E-state index contributed by atoms with van der Waals surface area (Å²) in [5.74, 6) is 0. The second-order valence-electron chi connectivity index (χ2n) is 2.56. The quantitative estimate of drug-likeness (QED) is 0.655. The second-order valence-corrected chi connectivity index (χ2v) is 2.56. The van der Waals surface area contributed by atoms with Crippen LogP contribution in [0.3, 0.4) is 0 Å². The molecule has 0 aliphatic rings. The summed E-state index contributed by atoms with van der Waals surface area (Å²) in [4.78, 5) is 4.12. The lowest BCUT2D eigenvalue weighted by Crippen LogP contribution is -1.85. The molecule has 1 nitrogen and oxygen atoms in total. The SMILES string of the molecule is CC.CC.CC.CCCc1ccnc(C)c1. The third-order valence-electron chi connectivity index (χ3n) is 1.50. The highest BCUT2D eigenvalue weighted by molar-refractivity contribution is 5.15. The first-order valence-electron chi connectivity index (χ1n) is 6.74. The molecule has 1 heterocycles. The van der Waals surface area contributed by atoms with Crippen LogP contribution in [0, 0.1) is 6.92 Å². The molecule has 0 aliphatic heterocycles. The summed E-state index contributed by atoms with van der Waals surface area (Å²) in [6, 6.07) is 4.22. The molecule has 0 saturated heterocycles. The first-order chi connectivity index (χ1) is 7.83. The van der Waals surface area contributed by atoms with Gasteiger partial charge in [-0.25, -0.2) is 0 Å². The van der Waals surface area contributed by atoms with Gasteiger partial charge < -0.3 is 0 Å². The fourth-order valence-corrected chi connectivity index (χ4v) is 1.05. The number of pyridine rings is 1. The monoisotopic (exact) mass is 225 g/mol. The van der Waals surface area contributed by atoms with E-state index in [1.165, 1.54) is 18.4 Å². The lowest BCUT2D eigenvalue weighted by molar-refractivity contribution is 0.914. The van der Waals surface area contributed by atoms with Crippen LogP contribution in [0.15, 0.2) is 18.3 Å². The van der Waals surface area contributed by atoms with Crippen molar-refractivity contribution in [1.29, 1.82) is 0 Å². The Kier molecular flexibility index (Phi) is 25.3. The number of aromatic nitrogens is 1. The molecule has 16 heavy (non-hydrogen) atoms. The Bertz CT molecular complexity index is 206. The first-order valence-corrected chi connectivity index (χ1v) is 6.74. The van der Waals surface area contributed by atoms with Gasteiger partial charge in [0.15, 0.2) is 0 Å². The normalized spacial score (nSPS) is 7.25. The van der Waals surface area contributed by atoms with Crippen molar-refractivity contribution in [3.63, 3.8) is 0 Å². The van der Waals surface area contributed by atoms with E-state index >= 15 is 0 Å². The summed E-state index contributed by atoms with van der Waals surface area (Å²) in [6.07, 6.45) is 4.26. The molecule has 0 aromatic carbocycles. The van der Waals surface area contributed by atoms with Crippen LogP contribution in [-0.2, 0) is 6.42 Å². The average Bonchev–Trinajstić information content (AvgIpc) is 2.37. The van der Waals surface area contributed by atoms with Crippen LogP contribution in [0.4, 0.5) is 0 Å². The molecule has 0 atom stereocenters. The largest absolute Gasteiger partial charge is 0.262 e. The zero-order valence-corrected chi connectivity index (χ0v) is 12.6. The van der Waals surface area contributed by atoms with Gasteiger partial charge in [-0.2, -0.15) is 0 Å². The van der Waals surface area contributed by atoms with Crippen LogP contribution in [0.5, 0.6) is 0 Å². The van der Waals surface area contributed by atoms with Gasteiger partial charge in [-0.05, 0) is 31.0 Å². The average molecular weight is 225 g/mol. The maximum atomic E-state index is 4.12. The Balaban J connectivity index is -0.000000245. The van der Waals surface area contributed by atoms with Gasteiger partial charge in [0.05, 0.1) is 0 Å². The molecule has 0 unspecified atom stereocenters. The molecular formula is C15H31N. The molecule has 1 aromatic rings. The van der Waals surface area contributed by atoms with Crippen molar-refractivity contribution in [3.8, 4) is 0 Å². The Morgan fingerprint density at radius 1 is 1.00 bits per heavy atom. The van der Waals surface area contributed by atoms with E-state index in [2.05, 4.69) is 24.0 Å². The molecule has 0 saturated carbocycles. The van der Waals surface area contributed by atoms with Crippen molar-refractivity contribution >= 4 is 0 Å². The van der Waals surface area contributed by atoms with Crippen LogP contribution in [0.1, 0.15) is 66.1 Å². The third-order valence-corrected chi connectivity index (χ3v) is 1.50. The van der Waals surface area contributed by atoms with E-state index in [-0.39, 0.29) is 0 Å². The van der Waals surface area contributed by atoms with Crippen molar-refractivity contribution in [2.24, 2.45) is 0 Å². The van der Waals surface area contributed by atoms with Gasteiger partial charge in [0.25, 0.3) is 0 Å². The molecule has 96 valence electrons. The molecular weight excluding hydrogens is 194 g/mol. The molecule has 1 rings (SSSR count). The molecule has 0 aliphatic carbocycles. The van der Waals surface area contributed by atoms with Crippen LogP contribution in [-0.4, -0.2) is 4.98 Å². The van der Waals surface area contributed by atoms with Crippen molar-refractivity contribution in [2.75, 3.05) is 0 Å². The highest BCUT2D eigenvalue weighted by Gasteiger charge is 1.89. The summed E-state index contributed by atoms with van der Waals surface area (Å²) in [5, 5.41) is 0. The van der Waals surface area contributed by atoms with Crippen LogP contribution >= 0.6 is 0 Å². The van der Waals surface area contributed by atoms with Gasteiger partial charge in [-0.1, -0.05) is 54.9 Å². The molecule has 0 N–H and O–H groups in total. The van der Waals surface area contributed by atoms with Crippen LogP contribution in [0.2, 0.25) is 0 Å². The Morgan fingerprint density at radius 3 is 1.88 bits per heavy atom. The highest BCUT2D eigenvalue weighted by Crippen LogP contribution is 2.02. The molecule has 1 heteroatoms. The molecule has 0 amide bonds. The van der Waals surface area contributed by atoms with Gasteiger partial charge in [0.2, 0.25) is 0 Å². The van der Waals surface area contributed by atoms with Crippen molar-refractivity contribution < 1.29 is 0 Å². The van der Waals surface area contributed by atoms with E-state index in [1.54, 1.807) is 0 Å². The van der Waals surface area contributed by atoms with Crippen LogP contribution < -0.4 is 0 Å². The first kappa shape index (κ1) is 20.5. The standard InChI is InChI=1S/C9H13N.3C2H6/c1-3-4-9-5-6-10-8(2)7-9;3*1-2/h5-7H,3-4H2,1-2H3;3*1-2H3. The fraction of sp³-hybridized carbons (Fsp3) is 0.667. The maximum Gasteiger partial charge on any atom is 0.0375 e. The smallest absolute Gasteiger partial charge is 0.0375 e. The number of rotatable bonds is 2. The lowest BCUT2D eigenvalue weighted by Gasteiger charge is -1.97. The molecule has 0 bridgehead atoms. The van der Waals surface area contributed by atoms with Crippen LogP contribution in [0.25, 0.3) is 0 Å². The molecule has 0 radical (unpaired) electrons. The predicted octanol–water partition coefficient (Wildman–Crippen LogP) is 5.42. The number of hydrogen-bond donors (Lipinski definition) is 0. The van der Waals surface area contributed by atoms with E-state index < -0.39 is 0 Å². The van der Waals surface area contributed by atoms with Gasteiger partial charge in [0.1, 0.15) is 0 Å². The Labute approximate surface area is 103 Å². The number of aryl methyl sites for hydroxylation is 2. The third kappa shape index (κ3) is 13.2. The zero-order valence-electron chi connectivity index (χ0n) is 12.6. The van der Waals surface area contributed by atoms with Gasteiger partial charge in [-0.15, -0.1) is 0 Å². The molecule has 1 aromatic heterocycles. The predicted molar refractivity (Wildman–Crippen MR) is 77.0 cm³/mol. The van der Waals surface area contributed by atoms with E-state index in [4.69, 9.17) is 0 Å². The van der Waals surface area contributed by atoms with Crippen molar-refractivity contribution in [1.82, 2.24) is 4.98 Å². The topological polar surface area (TPSA) is 12.9 Å². The number of nitrogens with zero attached hydrogens (tertiary/aromatic N) is 1. The number of hydrogen-bond acceptors (Lipinski definition) is 1. The summed E-state index contributed by atoms with van der Waals surface area (Å²) >= 11 is 0. The molecule has 0 fully saturated rings. The second kappa shape index (κ2) is 19.7. The summed E-state index contributed by atoms with van der Waals surface area (Å²) in [7, 11) is 0. The Hall–Kier alpha value is -0.850. The lowest BCUT2D eigenvalue weighted by atomic mass is 10.1. The fourth-order valence-electron chi connectivity index (χ4n) is 1.05. The van der Waals surface area contributed by atoms with Gasteiger partial charge in [0, 0.05) is 11.9 Å². The van der Waals surface area contributed by atoms with Crippen molar-refractivity contribution in [2.45, 2.75) is 68.2 Å².